The Morgan fingerprint density at radius 1 is 1.18 bits per heavy atom. The van der Waals surface area contributed by atoms with Gasteiger partial charge in [-0.15, -0.1) is 0 Å². The highest BCUT2D eigenvalue weighted by atomic mass is 19.1. The molecule has 3 aromatic rings. The molecule has 4 rings (SSSR count). The molecule has 8 nitrogen and oxygen atoms in total. The monoisotopic (exact) mass is 464 g/mol. The van der Waals surface area contributed by atoms with E-state index in [0.29, 0.717) is 5.56 Å². The minimum absolute atomic E-state index is 0.00724. The van der Waals surface area contributed by atoms with Crippen LogP contribution in [-0.2, 0) is 22.6 Å². The Morgan fingerprint density at radius 3 is 2.53 bits per heavy atom. The van der Waals surface area contributed by atoms with Crippen molar-refractivity contribution < 1.29 is 23.5 Å². The molecule has 2 aromatic carbocycles. The van der Waals surface area contributed by atoms with Crippen LogP contribution in [0.1, 0.15) is 44.6 Å². The number of hydrogen-bond donors (Lipinski definition) is 1. The second-order valence-electron chi connectivity index (χ2n) is 8.58. The number of rotatable bonds is 5. The van der Waals surface area contributed by atoms with Crippen LogP contribution in [0, 0.1) is 19.7 Å². The molecule has 2 amide bonds. The van der Waals surface area contributed by atoms with E-state index in [1.54, 1.807) is 19.9 Å². The van der Waals surface area contributed by atoms with Crippen molar-refractivity contribution in [3.05, 3.63) is 82.7 Å². The van der Waals surface area contributed by atoms with Crippen molar-refractivity contribution >= 4 is 23.5 Å². The van der Waals surface area contributed by atoms with Crippen LogP contribution in [-0.4, -0.2) is 40.0 Å². The van der Waals surface area contributed by atoms with Crippen LogP contribution in [0.5, 0.6) is 0 Å². The van der Waals surface area contributed by atoms with Gasteiger partial charge in [-0.05, 0) is 44.0 Å². The first kappa shape index (κ1) is 23.2. The number of benzene rings is 2. The first-order chi connectivity index (χ1) is 16.2. The van der Waals surface area contributed by atoms with Gasteiger partial charge in [-0.1, -0.05) is 35.9 Å². The summed E-state index contributed by atoms with van der Waals surface area (Å²) < 4.78 is 20.7. The third-order valence-corrected chi connectivity index (χ3v) is 6.07. The van der Waals surface area contributed by atoms with E-state index in [-0.39, 0.29) is 30.2 Å². The molecule has 34 heavy (non-hydrogen) atoms. The zero-order valence-corrected chi connectivity index (χ0v) is 19.4. The van der Waals surface area contributed by atoms with E-state index in [1.807, 2.05) is 31.2 Å². The van der Waals surface area contributed by atoms with E-state index < -0.39 is 29.1 Å². The lowest BCUT2D eigenvalue weighted by Gasteiger charge is -2.43. The maximum absolute atomic E-state index is 14.5. The first-order valence-electron chi connectivity index (χ1n) is 10.7. The number of aromatic nitrogens is 2. The number of methoxy groups -OCH3 is 1. The highest BCUT2D eigenvalue weighted by Gasteiger charge is 2.49. The molecule has 2 heterocycles. The van der Waals surface area contributed by atoms with Gasteiger partial charge in [0.05, 0.1) is 20.0 Å². The van der Waals surface area contributed by atoms with E-state index in [0.717, 1.165) is 11.1 Å². The normalized spacial score (nSPS) is 17.3. The molecule has 1 aliphatic heterocycles. The van der Waals surface area contributed by atoms with Crippen molar-refractivity contribution in [2.75, 3.05) is 12.0 Å². The minimum Gasteiger partial charge on any atom is -0.464 e. The van der Waals surface area contributed by atoms with Crippen molar-refractivity contribution in [1.29, 1.82) is 0 Å². The Labute approximate surface area is 196 Å². The average Bonchev–Trinajstić information content (AvgIpc) is 3.24. The summed E-state index contributed by atoms with van der Waals surface area (Å²) in [6.07, 6.45) is 1.33. The molecular weight excluding hydrogens is 439 g/mol. The SMILES string of the molecule is COC(=O)c1ncn2c1C(=O)N(c1ccc(C)c(F)c1)[C@@](C)(C(=O)NCc1ccc(C)cc1)C2. The van der Waals surface area contributed by atoms with Crippen LogP contribution in [0.3, 0.4) is 0 Å². The van der Waals surface area contributed by atoms with E-state index in [1.165, 1.54) is 35.0 Å². The number of nitrogens with one attached hydrogen (secondary N) is 1. The number of anilines is 1. The Hall–Kier alpha value is -4.01. The molecule has 0 unspecified atom stereocenters. The lowest BCUT2D eigenvalue weighted by atomic mass is 9.93. The Kier molecular flexibility index (Phi) is 5.95. The van der Waals surface area contributed by atoms with Gasteiger partial charge in [-0.2, -0.15) is 0 Å². The molecule has 1 N–H and O–H groups in total. The van der Waals surface area contributed by atoms with Gasteiger partial charge in [0, 0.05) is 12.2 Å². The topological polar surface area (TPSA) is 93.5 Å². The summed E-state index contributed by atoms with van der Waals surface area (Å²) in [4.78, 5) is 44.7. The number of esters is 1. The number of amides is 2. The number of halogens is 1. The average molecular weight is 464 g/mol. The quantitative estimate of drug-likeness (QED) is 0.586. The molecule has 1 atom stereocenters. The van der Waals surface area contributed by atoms with Crippen LogP contribution in [0.4, 0.5) is 10.1 Å². The third kappa shape index (κ3) is 3.93. The molecule has 9 heteroatoms. The third-order valence-electron chi connectivity index (χ3n) is 6.07. The Morgan fingerprint density at radius 2 is 1.88 bits per heavy atom. The van der Waals surface area contributed by atoms with Crippen molar-refractivity contribution in [2.24, 2.45) is 0 Å². The number of hydrogen-bond acceptors (Lipinski definition) is 5. The molecule has 1 aliphatic rings. The number of carbonyl (C=O) groups excluding carboxylic acids is 3. The summed E-state index contributed by atoms with van der Waals surface area (Å²) in [5, 5.41) is 2.89. The largest absolute Gasteiger partial charge is 0.464 e. The Balaban J connectivity index is 1.76. The number of nitrogens with zero attached hydrogens (tertiary/aromatic N) is 3. The lowest BCUT2D eigenvalue weighted by Crippen LogP contribution is -2.64. The smallest absolute Gasteiger partial charge is 0.359 e. The fraction of sp³-hybridized carbons (Fsp3) is 0.280. The van der Waals surface area contributed by atoms with Gasteiger partial charge in [0.25, 0.3) is 5.91 Å². The second kappa shape index (κ2) is 8.74. The van der Waals surface area contributed by atoms with Crippen molar-refractivity contribution in [1.82, 2.24) is 14.9 Å². The van der Waals surface area contributed by atoms with Gasteiger partial charge < -0.3 is 14.6 Å². The van der Waals surface area contributed by atoms with Crippen LogP contribution >= 0.6 is 0 Å². The molecule has 0 spiro atoms. The summed E-state index contributed by atoms with van der Waals surface area (Å²) in [5.74, 6) is -2.37. The molecule has 0 aliphatic carbocycles. The highest BCUT2D eigenvalue weighted by molar-refractivity contribution is 6.15. The van der Waals surface area contributed by atoms with Crippen molar-refractivity contribution in [3.63, 3.8) is 0 Å². The number of ether oxygens (including phenoxy) is 1. The van der Waals surface area contributed by atoms with Crippen LogP contribution < -0.4 is 10.2 Å². The van der Waals surface area contributed by atoms with Gasteiger partial charge in [0.1, 0.15) is 17.1 Å². The minimum atomic E-state index is -1.43. The molecule has 0 saturated heterocycles. The summed E-state index contributed by atoms with van der Waals surface area (Å²) in [6.45, 7) is 5.44. The van der Waals surface area contributed by atoms with Gasteiger partial charge in [-0.3, -0.25) is 14.5 Å². The second-order valence-corrected chi connectivity index (χ2v) is 8.58. The van der Waals surface area contributed by atoms with Gasteiger partial charge in [0.2, 0.25) is 5.91 Å². The number of fused-ring (bicyclic) bond motifs is 1. The van der Waals surface area contributed by atoms with Crippen molar-refractivity contribution in [2.45, 2.75) is 39.4 Å². The standard InChI is InChI=1S/C25H25FN4O4/c1-15-5-8-17(9-6-15)12-27-24(33)25(3)13-29-14-28-20(23(32)34-4)21(29)22(31)30(25)18-10-7-16(2)19(26)11-18/h5-11,14H,12-13H2,1-4H3,(H,27,33)/t25-/m1/s1. The van der Waals surface area contributed by atoms with E-state index in [4.69, 9.17) is 4.74 Å². The van der Waals surface area contributed by atoms with Gasteiger partial charge in [-0.25, -0.2) is 14.2 Å². The predicted octanol–water partition coefficient (Wildman–Crippen LogP) is 3.16. The zero-order chi connectivity index (χ0) is 24.6. The fourth-order valence-corrected chi connectivity index (χ4v) is 4.08. The maximum atomic E-state index is 14.5. The molecule has 1 aromatic heterocycles. The number of imidazole rings is 1. The predicted molar refractivity (Wildman–Crippen MR) is 123 cm³/mol. The lowest BCUT2D eigenvalue weighted by molar-refractivity contribution is -0.126. The van der Waals surface area contributed by atoms with Gasteiger partial charge in [0.15, 0.2) is 5.69 Å². The van der Waals surface area contributed by atoms with Gasteiger partial charge >= 0.3 is 5.97 Å². The van der Waals surface area contributed by atoms with Crippen LogP contribution in [0.2, 0.25) is 0 Å². The molecule has 0 radical (unpaired) electrons. The van der Waals surface area contributed by atoms with E-state index in [2.05, 4.69) is 10.3 Å². The Bertz CT molecular complexity index is 1280. The molecule has 0 fully saturated rings. The molecule has 0 saturated carbocycles. The number of carbonyl (C=O) groups is 3. The summed E-state index contributed by atoms with van der Waals surface area (Å²) in [7, 11) is 1.19. The molecular formula is C25H25FN4O4. The maximum Gasteiger partial charge on any atom is 0.359 e. The van der Waals surface area contributed by atoms with Crippen LogP contribution in [0.15, 0.2) is 48.8 Å². The fourth-order valence-electron chi connectivity index (χ4n) is 4.08. The molecule has 0 bridgehead atoms. The van der Waals surface area contributed by atoms with E-state index >= 15 is 0 Å². The van der Waals surface area contributed by atoms with E-state index in [9.17, 15) is 18.8 Å². The van der Waals surface area contributed by atoms with Crippen molar-refractivity contribution in [3.8, 4) is 0 Å². The number of aryl methyl sites for hydroxylation is 2. The van der Waals surface area contributed by atoms with Crippen LogP contribution in [0.25, 0.3) is 0 Å². The summed E-state index contributed by atoms with van der Waals surface area (Å²) in [5.41, 5.74) is 0.993. The molecule has 176 valence electrons. The summed E-state index contributed by atoms with van der Waals surface area (Å²) in [6, 6.07) is 12.0. The first-order valence-corrected chi connectivity index (χ1v) is 10.7. The zero-order valence-electron chi connectivity index (χ0n) is 19.4. The summed E-state index contributed by atoms with van der Waals surface area (Å²) >= 11 is 0. The highest BCUT2D eigenvalue weighted by Crippen LogP contribution is 2.34.